The van der Waals surface area contributed by atoms with E-state index in [1.54, 1.807) is 18.2 Å². The van der Waals surface area contributed by atoms with Crippen LogP contribution in [0.5, 0.6) is 0 Å². The number of carbonyl (C=O) groups is 2. The lowest BCUT2D eigenvalue weighted by molar-refractivity contribution is -0.119. The van der Waals surface area contributed by atoms with Crippen LogP contribution in [0.3, 0.4) is 0 Å². The Labute approximate surface area is 146 Å². The Hall–Kier alpha value is -3.08. The predicted molar refractivity (Wildman–Crippen MR) is 97.9 cm³/mol. The Morgan fingerprint density at radius 1 is 1.00 bits per heavy atom. The summed E-state index contributed by atoms with van der Waals surface area (Å²) in [4.78, 5) is 27.1. The SMILES string of the molecule is Cc1ccc(NC(=O)COC(=O)c2cc3c(C)cc(C)cc3[nH]2)cc1. The lowest BCUT2D eigenvalue weighted by Gasteiger charge is -2.06. The van der Waals surface area contributed by atoms with Crippen LogP contribution in [0.2, 0.25) is 0 Å². The zero-order valence-electron chi connectivity index (χ0n) is 14.5. The van der Waals surface area contributed by atoms with Crippen molar-refractivity contribution in [1.29, 1.82) is 0 Å². The lowest BCUT2D eigenvalue weighted by Crippen LogP contribution is -2.21. The number of amides is 1. The molecular formula is C20H20N2O3. The average molecular weight is 336 g/mol. The summed E-state index contributed by atoms with van der Waals surface area (Å²) in [6.45, 7) is 5.63. The molecule has 0 saturated carbocycles. The van der Waals surface area contributed by atoms with Crippen LogP contribution in [0.4, 0.5) is 5.69 Å². The van der Waals surface area contributed by atoms with Gasteiger partial charge >= 0.3 is 5.97 Å². The number of rotatable bonds is 4. The molecule has 0 bridgehead atoms. The molecule has 0 atom stereocenters. The minimum atomic E-state index is -0.549. The normalized spacial score (nSPS) is 10.7. The van der Waals surface area contributed by atoms with E-state index in [4.69, 9.17) is 4.74 Å². The molecule has 0 aliphatic carbocycles. The zero-order chi connectivity index (χ0) is 18.0. The molecule has 0 saturated heterocycles. The van der Waals surface area contributed by atoms with Gasteiger partial charge in [-0.3, -0.25) is 4.79 Å². The molecule has 0 unspecified atom stereocenters. The van der Waals surface area contributed by atoms with Gasteiger partial charge in [0.15, 0.2) is 6.61 Å². The van der Waals surface area contributed by atoms with Crippen LogP contribution >= 0.6 is 0 Å². The first-order valence-corrected chi connectivity index (χ1v) is 8.06. The highest BCUT2D eigenvalue weighted by Crippen LogP contribution is 2.21. The summed E-state index contributed by atoms with van der Waals surface area (Å²) in [7, 11) is 0. The van der Waals surface area contributed by atoms with Crippen LogP contribution in [0.15, 0.2) is 42.5 Å². The van der Waals surface area contributed by atoms with Crippen molar-refractivity contribution in [2.75, 3.05) is 11.9 Å². The van der Waals surface area contributed by atoms with E-state index < -0.39 is 5.97 Å². The van der Waals surface area contributed by atoms with Crippen molar-refractivity contribution >= 4 is 28.5 Å². The van der Waals surface area contributed by atoms with Crippen LogP contribution < -0.4 is 5.32 Å². The Morgan fingerprint density at radius 3 is 2.44 bits per heavy atom. The van der Waals surface area contributed by atoms with Gasteiger partial charge in [0.25, 0.3) is 5.91 Å². The van der Waals surface area contributed by atoms with Crippen LogP contribution in [0.25, 0.3) is 10.9 Å². The van der Waals surface area contributed by atoms with E-state index in [-0.39, 0.29) is 12.5 Å². The molecule has 0 aliphatic heterocycles. The topological polar surface area (TPSA) is 71.2 Å². The van der Waals surface area contributed by atoms with E-state index in [1.807, 2.05) is 39.0 Å². The van der Waals surface area contributed by atoms with Gasteiger partial charge in [0, 0.05) is 16.6 Å². The highest BCUT2D eigenvalue weighted by atomic mass is 16.5. The van der Waals surface area contributed by atoms with Crippen molar-refractivity contribution in [2.24, 2.45) is 0 Å². The molecule has 25 heavy (non-hydrogen) atoms. The van der Waals surface area contributed by atoms with E-state index in [0.29, 0.717) is 11.4 Å². The maximum absolute atomic E-state index is 12.2. The summed E-state index contributed by atoms with van der Waals surface area (Å²) in [6.07, 6.45) is 0. The molecule has 0 fully saturated rings. The number of anilines is 1. The standard InChI is InChI=1S/C20H20N2O3/c1-12-4-6-15(7-5-12)21-19(23)11-25-20(24)18-10-16-14(3)8-13(2)9-17(16)22-18/h4-10,22H,11H2,1-3H3,(H,21,23). The Kier molecular flexibility index (Phi) is 4.57. The van der Waals surface area contributed by atoms with Crippen LogP contribution in [0, 0.1) is 20.8 Å². The van der Waals surface area contributed by atoms with Crippen molar-refractivity contribution in [3.8, 4) is 0 Å². The van der Waals surface area contributed by atoms with E-state index >= 15 is 0 Å². The van der Waals surface area contributed by atoms with Crippen LogP contribution in [-0.2, 0) is 9.53 Å². The third kappa shape index (κ3) is 3.88. The molecular weight excluding hydrogens is 316 g/mol. The van der Waals surface area contributed by atoms with E-state index in [9.17, 15) is 9.59 Å². The quantitative estimate of drug-likeness (QED) is 0.710. The number of benzene rings is 2. The molecule has 128 valence electrons. The minimum absolute atomic E-state index is 0.333. The molecule has 3 rings (SSSR count). The van der Waals surface area contributed by atoms with Crippen molar-refractivity contribution in [3.05, 3.63) is 64.8 Å². The maximum atomic E-state index is 12.2. The first-order valence-electron chi connectivity index (χ1n) is 8.06. The summed E-state index contributed by atoms with van der Waals surface area (Å²) in [5, 5.41) is 3.67. The van der Waals surface area contributed by atoms with Crippen molar-refractivity contribution < 1.29 is 14.3 Å². The average Bonchev–Trinajstić information content (AvgIpc) is 2.99. The van der Waals surface area contributed by atoms with Gasteiger partial charge in [-0.1, -0.05) is 23.8 Å². The Balaban J connectivity index is 1.63. The number of aryl methyl sites for hydroxylation is 3. The lowest BCUT2D eigenvalue weighted by atomic mass is 10.1. The fourth-order valence-corrected chi connectivity index (χ4v) is 2.75. The Morgan fingerprint density at radius 2 is 1.72 bits per heavy atom. The second kappa shape index (κ2) is 6.81. The molecule has 3 aromatic rings. The van der Waals surface area contributed by atoms with Gasteiger partial charge in [0.2, 0.25) is 0 Å². The van der Waals surface area contributed by atoms with Gasteiger partial charge in [-0.15, -0.1) is 0 Å². The van der Waals surface area contributed by atoms with Gasteiger partial charge < -0.3 is 15.0 Å². The highest BCUT2D eigenvalue weighted by Gasteiger charge is 2.14. The monoisotopic (exact) mass is 336 g/mol. The molecule has 0 radical (unpaired) electrons. The second-order valence-corrected chi connectivity index (χ2v) is 6.22. The van der Waals surface area contributed by atoms with Crippen molar-refractivity contribution in [1.82, 2.24) is 4.98 Å². The van der Waals surface area contributed by atoms with Crippen molar-refractivity contribution in [2.45, 2.75) is 20.8 Å². The number of H-pyrrole nitrogens is 1. The summed E-state index contributed by atoms with van der Waals surface area (Å²) in [5.41, 5.74) is 5.20. The molecule has 1 amide bonds. The van der Waals surface area contributed by atoms with Gasteiger partial charge in [-0.2, -0.15) is 0 Å². The first kappa shape index (κ1) is 16.8. The summed E-state index contributed by atoms with van der Waals surface area (Å²) in [6, 6.07) is 13.2. The van der Waals surface area contributed by atoms with E-state index in [2.05, 4.69) is 16.4 Å². The second-order valence-electron chi connectivity index (χ2n) is 6.22. The fraction of sp³-hybridized carbons (Fsp3) is 0.200. The van der Waals surface area contributed by atoms with Gasteiger partial charge in [0.1, 0.15) is 5.69 Å². The molecule has 1 heterocycles. The number of carbonyl (C=O) groups excluding carboxylic acids is 2. The number of esters is 1. The number of aromatic amines is 1. The van der Waals surface area contributed by atoms with Gasteiger partial charge in [-0.25, -0.2) is 4.79 Å². The zero-order valence-corrected chi connectivity index (χ0v) is 14.5. The van der Waals surface area contributed by atoms with Crippen molar-refractivity contribution in [3.63, 3.8) is 0 Å². The number of ether oxygens (including phenoxy) is 1. The third-order valence-corrected chi connectivity index (χ3v) is 3.98. The fourth-order valence-electron chi connectivity index (χ4n) is 2.75. The number of nitrogens with one attached hydrogen (secondary N) is 2. The van der Waals surface area contributed by atoms with Crippen LogP contribution in [-0.4, -0.2) is 23.5 Å². The maximum Gasteiger partial charge on any atom is 0.355 e. The van der Waals surface area contributed by atoms with E-state index in [0.717, 1.165) is 27.6 Å². The Bertz CT molecular complexity index is 939. The number of fused-ring (bicyclic) bond motifs is 1. The number of hydrogen-bond acceptors (Lipinski definition) is 3. The smallest absolute Gasteiger partial charge is 0.355 e. The van der Waals surface area contributed by atoms with Crippen LogP contribution in [0.1, 0.15) is 27.2 Å². The third-order valence-electron chi connectivity index (χ3n) is 3.98. The largest absolute Gasteiger partial charge is 0.451 e. The molecule has 0 spiro atoms. The molecule has 5 nitrogen and oxygen atoms in total. The number of hydrogen-bond donors (Lipinski definition) is 2. The number of aromatic nitrogens is 1. The molecule has 0 aliphatic rings. The molecule has 2 N–H and O–H groups in total. The summed E-state index contributed by atoms with van der Waals surface area (Å²) in [5.74, 6) is -0.923. The molecule has 5 heteroatoms. The van der Waals surface area contributed by atoms with Gasteiger partial charge in [0.05, 0.1) is 0 Å². The molecule has 2 aromatic carbocycles. The first-order chi connectivity index (χ1) is 11.9. The predicted octanol–water partition coefficient (Wildman–Crippen LogP) is 3.89. The highest BCUT2D eigenvalue weighted by molar-refractivity contribution is 5.98. The summed E-state index contributed by atoms with van der Waals surface area (Å²) < 4.78 is 5.10. The van der Waals surface area contributed by atoms with E-state index in [1.165, 1.54) is 0 Å². The summed E-state index contributed by atoms with van der Waals surface area (Å²) >= 11 is 0. The van der Waals surface area contributed by atoms with Gasteiger partial charge in [-0.05, 0) is 56.2 Å². The minimum Gasteiger partial charge on any atom is -0.451 e. The molecule has 1 aromatic heterocycles.